The van der Waals surface area contributed by atoms with Crippen molar-refractivity contribution < 1.29 is 0 Å². The molecule has 0 fully saturated rings. The summed E-state index contributed by atoms with van der Waals surface area (Å²) >= 11 is 12.6. The predicted molar refractivity (Wildman–Crippen MR) is 82.2 cm³/mol. The van der Waals surface area contributed by atoms with Crippen molar-refractivity contribution in [2.45, 2.75) is 18.1 Å². The quantitative estimate of drug-likeness (QED) is 0.262. The van der Waals surface area contributed by atoms with E-state index in [2.05, 4.69) is 48.5 Å². The molecule has 0 aliphatic rings. The summed E-state index contributed by atoms with van der Waals surface area (Å²) in [5.74, 6) is 2.18. The highest BCUT2D eigenvalue weighted by atomic mass is 32.1. The first-order chi connectivity index (χ1) is 7.67. The second-order valence-electron chi connectivity index (χ2n) is 3.75. The Morgan fingerprint density at radius 2 is 1.44 bits per heavy atom. The van der Waals surface area contributed by atoms with Crippen LogP contribution in [-0.2, 0) is 0 Å². The molecule has 0 bridgehead atoms. The number of thiol groups is 3. The number of nitrogens with one attached hydrogen (secondary N) is 2. The van der Waals surface area contributed by atoms with Gasteiger partial charge in [-0.3, -0.25) is 0 Å². The first kappa shape index (κ1) is 16.9. The van der Waals surface area contributed by atoms with Gasteiger partial charge >= 0.3 is 0 Å². The van der Waals surface area contributed by atoms with Crippen LogP contribution >= 0.6 is 37.9 Å². The molecular weight excluding hydrogens is 260 g/mol. The van der Waals surface area contributed by atoms with E-state index in [1.165, 1.54) is 0 Å². The molecule has 0 aromatic carbocycles. The minimum Gasteiger partial charge on any atom is -0.329 e. The first-order valence-electron chi connectivity index (χ1n) is 5.42. The van der Waals surface area contributed by atoms with Crippen molar-refractivity contribution in [2.24, 2.45) is 11.5 Å². The summed E-state index contributed by atoms with van der Waals surface area (Å²) < 4.78 is 0. The van der Waals surface area contributed by atoms with Crippen molar-refractivity contribution in [3.63, 3.8) is 0 Å². The van der Waals surface area contributed by atoms with Gasteiger partial charge in [-0.1, -0.05) is 0 Å². The summed E-state index contributed by atoms with van der Waals surface area (Å²) in [6.07, 6.45) is 0. The van der Waals surface area contributed by atoms with Gasteiger partial charge in [-0.15, -0.1) is 0 Å². The third-order valence-corrected chi connectivity index (χ3v) is 3.63. The van der Waals surface area contributed by atoms with Crippen molar-refractivity contribution in [3.05, 3.63) is 0 Å². The van der Waals surface area contributed by atoms with Crippen LogP contribution in [0.15, 0.2) is 0 Å². The van der Waals surface area contributed by atoms with E-state index in [9.17, 15) is 0 Å². The van der Waals surface area contributed by atoms with Gasteiger partial charge in [0, 0.05) is 55.0 Å². The molecule has 0 saturated heterocycles. The van der Waals surface area contributed by atoms with Crippen molar-refractivity contribution >= 4 is 37.9 Å². The van der Waals surface area contributed by atoms with Crippen molar-refractivity contribution in [1.29, 1.82) is 0 Å². The third kappa shape index (κ3) is 8.05. The Morgan fingerprint density at radius 1 is 0.875 bits per heavy atom. The molecule has 0 heterocycles. The SMILES string of the molecule is NC[C@H](CS)NC[C@H](CS)NCC(N)CS. The molecule has 16 heavy (non-hydrogen) atoms. The Bertz CT molecular complexity index is 158. The van der Waals surface area contributed by atoms with Crippen LogP contribution in [0.25, 0.3) is 0 Å². The van der Waals surface area contributed by atoms with Gasteiger partial charge in [-0.2, -0.15) is 37.9 Å². The topological polar surface area (TPSA) is 76.1 Å². The second kappa shape index (κ2) is 11.0. The maximum atomic E-state index is 5.77. The molecule has 0 amide bonds. The molecule has 0 aromatic heterocycles. The van der Waals surface area contributed by atoms with Crippen LogP contribution in [0, 0.1) is 0 Å². The lowest BCUT2D eigenvalue weighted by molar-refractivity contribution is 0.462. The van der Waals surface area contributed by atoms with Gasteiger partial charge in [0.25, 0.3) is 0 Å². The Kier molecular flexibility index (Phi) is 11.6. The summed E-state index contributed by atoms with van der Waals surface area (Å²) in [4.78, 5) is 0. The molecular formula is C9H24N4S3. The van der Waals surface area contributed by atoms with E-state index in [0.717, 1.165) is 24.6 Å². The van der Waals surface area contributed by atoms with E-state index in [-0.39, 0.29) is 12.1 Å². The van der Waals surface area contributed by atoms with Gasteiger partial charge in [-0.05, 0) is 0 Å². The fraction of sp³-hybridized carbons (Fsp3) is 1.00. The fourth-order valence-electron chi connectivity index (χ4n) is 1.12. The zero-order chi connectivity index (χ0) is 12.4. The van der Waals surface area contributed by atoms with Crippen LogP contribution in [0.2, 0.25) is 0 Å². The van der Waals surface area contributed by atoms with Gasteiger partial charge in [0.1, 0.15) is 0 Å². The summed E-state index contributed by atoms with van der Waals surface area (Å²) in [5, 5.41) is 6.68. The Balaban J connectivity index is 3.73. The molecule has 0 aliphatic heterocycles. The number of nitrogens with two attached hydrogens (primary N) is 2. The highest BCUT2D eigenvalue weighted by molar-refractivity contribution is 7.80. The second-order valence-corrected chi connectivity index (χ2v) is 4.85. The normalized spacial score (nSPS) is 17.1. The van der Waals surface area contributed by atoms with Gasteiger partial charge < -0.3 is 22.1 Å². The Hall–Kier alpha value is 0.890. The minimum absolute atomic E-state index is 0.0842. The number of rotatable bonds is 10. The van der Waals surface area contributed by atoms with Gasteiger partial charge in [-0.25, -0.2) is 0 Å². The molecule has 6 N–H and O–H groups in total. The maximum absolute atomic E-state index is 5.77. The molecule has 0 radical (unpaired) electrons. The molecule has 0 aliphatic carbocycles. The molecule has 98 valence electrons. The van der Waals surface area contributed by atoms with Crippen molar-refractivity contribution in [1.82, 2.24) is 10.6 Å². The van der Waals surface area contributed by atoms with E-state index in [1.807, 2.05) is 0 Å². The van der Waals surface area contributed by atoms with Crippen molar-refractivity contribution in [3.8, 4) is 0 Å². The average Bonchev–Trinajstić information content (AvgIpc) is 2.33. The first-order valence-corrected chi connectivity index (χ1v) is 7.32. The van der Waals surface area contributed by atoms with E-state index in [4.69, 9.17) is 11.5 Å². The smallest absolute Gasteiger partial charge is 0.0281 e. The average molecular weight is 285 g/mol. The summed E-state index contributed by atoms with van der Waals surface area (Å²) in [5.41, 5.74) is 11.3. The van der Waals surface area contributed by atoms with E-state index < -0.39 is 0 Å². The van der Waals surface area contributed by atoms with Crippen LogP contribution in [0.1, 0.15) is 0 Å². The highest BCUT2D eigenvalue weighted by Gasteiger charge is 2.10. The Morgan fingerprint density at radius 3 is 1.88 bits per heavy atom. The molecule has 4 nitrogen and oxygen atoms in total. The van der Waals surface area contributed by atoms with E-state index in [0.29, 0.717) is 18.3 Å². The lowest BCUT2D eigenvalue weighted by Gasteiger charge is -2.22. The zero-order valence-corrected chi connectivity index (χ0v) is 12.2. The summed E-state index contributed by atoms with van der Waals surface area (Å²) in [7, 11) is 0. The largest absolute Gasteiger partial charge is 0.329 e. The number of hydrogen-bond donors (Lipinski definition) is 7. The van der Waals surface area contributed by atoms with Crippen LogP contribution in [0.3, 0.4) is 0 Å². The Labute approximate surface area is 115 Å². The maximum Gasteiger partial charge on any atom is 0.0281 e. The monoisotopic (exact) mass is 284 g/mol. The molecule has 7 heteroatoms. The zero-order valence-electron chi connectivity index (χ0n) is 9.47. The lowest BCUT2D eigenvalue weighted by atomic mass is 10.2. The third-order valence-electron chi connectivity index (χ3n) is 2.28. The van der Waals surface area contributed by atoms with Crippen LogP contribution in [-0.4, -0.2) is 55.0 Å². The highest BCUT2D eigenvalue weighted by Crippen LogP contribution is 1.91. The molecule has 0 spiro atoms. The molecule has 0 aromatic rings. The predicted octanol–water partition coefficient (Wildman–Crippen LogP) is -1.02. The molecule has 3 atom stereocenters. The van der Waals surface area contributed by atoms with Gasteiger partial charge in [0.05, 0.1) is 0 Å². The molecule has 0 saturated carbocycles. The molecule has 1 unspecified atom stereocenters. The summed E-state index contributed by atoms with van der Waals surface area (Å²) in [6.45, 7) is 2.18. The van der Waals surface area contributed by atoms with Gasteiger partial charge in [0.15, 0.2) is 0 Å². The van der Waals surface area contributed by atoms with Crippen LogP contribution in [0.4, 0.5) is 0 Å². The van der Waals surface area contributed by atoms with E-state index >= 15 is 0 Å². The van der Waals surface area contributed by atoms with E-state index in [1.54, 1.807) is 0 Å². The minimum atomic E-state index is 0.0842. The lowest BCUT2D eigenvalue weighted by Crippen LogP contribution is -2.49. The van der Waals surface area contributed by atoms with Crippen molar-refractivity contribution in [2.75, 3.05) is 36.9 Å². The van der Waals surface area contributed by atoms with Crippen LogP contribution in [0.5, 0.6) is 0 Å². The van der Waals surface area contributed by atoms with Crippen LogP contribution < -0.4 is 22.1 Å². The fourth-order valence-corrected chi connectivity index (χ4v) is 1.78. The molecule has 0 rings (SSSR count). The standard InChI is InChI=1S/C9H24N4S3/c10-1-8(5-15)13-3-9(6-16)12-2-7(11)4-14/h7-9,12-16H,1-6,10-11H2/t7?,8-,9-/m1/s1. The summed E-state index contributed by atoms with van der Waals surface area (Å²) in [6, 6.07) is 0.634. The van der Waals surface area contributed by atoms with Gasteiger partial charge in [0.2, 0.25) is 0 Å². The number of hydrogen-bond acceptors (Lipinski definition) is 7.